The van der Waals surface area contributed by atoms with E-state index in [1.807, 2.05) is 13.8 Å². The lowest BCUT2D eigenvalue weighted by atomic mass is 9.72. The van der Waals surface area contributed by atoms with Crippen molar-refractivity contribution >= 4 is 17.3 Å². The van der Waals surface area contributed by atoms with Crippen molar-refractivity contribution in [3.8, 4) is 0 Å². The summed E-state index contributed by atoms with van der Waals surface area (Å²) < 4.78 is 0. The number of hydrogen-bond donors (Lipinski definition) is 0. The molecule has 1 aromatic carbocycles. The number of rotatable bonds is 9. The van der Waals surface area contributed by atoms with Crippen molar-refractivity contribution in [2.45, 2.75) is 79.6 Å². The van der Waals surface area contributed by atoms with Crippen LogP contribution in [0.4, 0.5) is 0 Å². The summed E-state index contributed by atoms with van der Waals surface area (Å²) in [7, 11) is 0. The lowest BCUT2D eigenvalue weighted by molar-refractivity contribution is -0.129. The highest BCUT2D eigenvalue weighted by Gasteiger charge is 2.33. The number of ketones is 3. The Morgan fingerprint density at radius 1 is 1.15 bits per heavy atom. The highest BCUT2D eigenvalue weighted by Crippen LogP contribution is 2.36. The summed E-state index contributed by atoms with van der Waals surface area (Å²) >= 11 is 0. The van der Waals surface area contributed by atoms with Crippen LogP contribution in [-0.2, 0) is 16.0 Å². The molecule has 1 aliphatic carbocycles. The molecule has 27 heavy (non-hydrogen) atoms. The molecule has 148 valence electrons. The van der Waals surface area contributed by atoms with E-state index in [0.717, 1.165) is 48.8 Å². The molecule has 3 nitrogen and oxygen atoms in total. The predicted octanol–water partition coefficient (Wildman–Crippen LogP) is 5.43. The zero-order valence-electron chi connectivity index (χ0n) is 17.6. The molecule has 0 heterocycles. The molecular weight excluding hydrogens is 336 g/mol. The van der Waals surface area contributed by atoms with Gasteiger partial charge in [-0.1, -0.05) is 38.8 Å². The van der Waals surface area contributed by atoms with Crippen molar-refractivity contribution < 1.29 is 14.4 Å². The van der Waals surface area contributed by atoms with Gasteiger partial charge in [0, 0.05) is 17.9 Å². The maximum absolute atomic E-state index is 12.8. The number of carbonyl (C=O) groups is 3. The standard InChI is InChI=1S/C24H34O3/c1-6-8-19(21(7-2)22(26)11-16(4)25)12-18-13-20-10-9-15(3)17(5)24(20)23(27)14-18/h9-10,18-19,21H,6-8,11-14H2,1-5H3. The number of hydrogen-bond acceptors (Lipinski definition) is 3. The number of aryl methyl sites for hydroxylation is 1. The largest absolute Gasteiger partial charge is 0.300 e. The average molecular weight is 371 g/mol. The fraction of sp³-hybridized carbons (Fsp3) is 0.625. The fourth-order valence-corrected chi connectivity index (χ4v) is 4.83. The van der Waals surface area contributed by atoms with Crippen LogP contribution in [0.1, 0.15) is 86.3 Å². The molecule has 0 fully saturated rings. The van der Waals surface area contributed by atoms with Gasteiger partial charge in [0.05, 0.1) is 6.42 Å². The molecule has 1 aromatic rings. The van der Waals surface area contributed by atoms with E-state index < -0.39 is 0 Å². The first-order chi connectivity index (χ1) is 12.8. The van der Waals surface area contributed by atoms with Crippen LogP contribution in [0.5, 0.6) is 0 Å². The Labute approximate surface area is 163 Å². The van der Waals surface area contributed by atoms with Crippen molar-refractivity contribution in [3.05, 3.63) is 34.4 Å². The number of Topliss-reactive ketones (excluding diaryl/α,β-unsaturated/α-hetero) is 3. The lowest BCUT2D eigenvalue weighted by Crippen LogP contribution is -2.29. The van der Waals surface area contributed by atoms with Gasteiger partial charge in [-0.15, -0.1) is 0 Å². The van der Waals surface area contributed by atoms with Crippen LogP contribution < -0.4 is 0 Å². The molecule has 3 unspecified atom stereocenters. The summed E-state index contributed by atoms with van der Waals surface area (Å²) in [6, 6.07) is 4.22. The summed E-state index contributed by atoms with van der Waals surface area (Å²) in [6.45, 7) is 9.76. The van der Waals surface area contributed by atoms with Gasteiger partial charge >= 0.3 is 0 Å². The number of carbonyl (C=O) groups excluding carboxylic acids is 3. The molecule has 0 saturated carbocycles. The Morgan fingerprint density at radius 2 is 1.85 bits per heavy atom. The topological polar surface area (TPSA) is 51.2 Å². The van der Waals surface area contributed by atoms with Crippen LogP contribution in [0, 0.1) is 31.6 Å². The minimum absolute atomic E-state index is 0.0453. The molecule has 0 spiro atoms. The van der Waals surface area contributed by atoms with Crippen LogP contribution in [0.3, 0.4) is 0 Å². The average Bonchev–Trinajstić information content (AvgIpc) is 2.58. The third kappa shape index (κ3) is 5.15. The van der Waals surface area contributed by atoms with Gasteiger partial charge in [-0.2, -0.15) is 0 Å². The Kier molecular flexibility index (Phi) is 7.52. The van der Waals surface area contributed by atoms with Gasteiger partial charge in [0.15, 0.2) is 5.78 Å². The first-order valence-corrected chi connectivity index (χ1v) is 10.4. The van der Waals surface area contributed by atoms with Crippen molar-refractivity contribution in [3.63, 3.8) is 0 Å². The first kappa shape index (κ1) is 21.5. The van der Waals surface area contributed by atoms with Crippen LogP contribution in [0.25, 0.3) is 0 Å². The zero-order chi connectivity index (χ0) is 20.1. The molecule has 3 heteroatoms. The third-order valence-corrected chi connectivity index (χ3v) is 6.22. The smallest absolute Gasteiger partial charge is 0.163 e. The van der Waals surface area contributed by atoms with Gasteiger partial charge in [-0.05, 0) is 68.6 Å². The Bertz CT molecular complexity index is 717. The van der Waals surface area contributed by atoms with Gasteiger partial charge in [0.25, 0.3) is 0 Å². The van der Waals surface area contributed by atoms with E-state index in [9.17, 15) is 14.4 Å². The van der Waals surface area contributed by atoms with E-state index in [4.69, 9.17) is 0 Å². The van der Waals surface area contributed by atoms with Gasteiger partial charge in [0.2, 0.25) is 0 Å². The zero-order valence-corrected chi connectivity index (χ0v) is 17.6. The molecule has 0 amide bonds. The molecule has 1 aliphatic rings. The second-order valence-electron chi connectivity index (χ2n) is 8.38. The highest BCUT2D eigenvalue weighted by molar-refractivity contribution is 6.00. The summed E-state index contributed by atoms with van der Waals surface area (Å²) in [4.78, 5) is 36.8. The minimum atomic E-state index is -0.0647. The molecule has 3 atom stereocenters. The molecule has 0 bridgehead atoms. The molecule has 0 radical (unpaired) electrons. The van der Waals surface area contributed by atoms with E-state index in [0.29, 0.717) is 12.3 Å². The molecule has 0 aromatic heterocycles. The van der Waals surface area contributed by atoms with E-state index in [-0.39, 0.29) is 35.6 Å². The third-order valence-electron chi connectivity index (χ3n) is 6.22. The Morgan fingerprint density at radius 3 is 2.44 bits per heavy atom. The van der Waals surface area contributed by atoms with Crippen molar-refractivity contribution in [1.29, 1.82) is 0 Å². The molecule has 0 saturated heterocycles. The van der Waals surface area contributed by atoms with Crippen LogP contribution in [-0.4, -0.2) is 17.3 Å². The van der Waals surface area contributed by atoms with E-state index >= 15 is 0 Å². The Hall–Kier alpha value is -1.77. The number of benzene rings is 1. The highest BCUT2D eigenvalue weighted by atomic mass is 16.1. The van der Waals surface area contributed by atoms with Gasteiger partial charge in [0.1, 0.15) is 11.6 Å². The SMILES string of the molecule is CCCC(CC1CC(=O)c2c(ccc(C)c2C)C1)C(CC)C(=O)CC(C)=O. The van der Waals surface area contributed by atoms with E-state index in [1.54, 1.807) is 0 Å². The second-order valence-corrected chi connectivity index (χ2v) is 8.38. The summed E-state index contributed by atoms with van der Waals surface area (Å²) in [6.07, 6.45) is 5.20. The maximum Gasteiger partial charge on any atom is 0.163 e. The van der Waals surface area contributed by atoms with Crippen molar-refractivity contribution in [2.75, 3.05) is 0 Å². The molecule has 2 rings (SSSR count). The van der Waals surface area contributed by atoms with Gasteiger partial charge in [-0.3, -0.25) is 14.4 Å². The quantitative estimate of drug-likeness (QED) is 0.545. The van der Waals surface area contributed by atoms with Crippen molar-refractivity contribution in [2.24, 2.45) is 17.8 Å². The monoisotopic (exact) mass is 370 g/mol. The van der Waals surface area contributed by atoms with Crippen LogP contribution >= 0.6 is 0 Å². The maximum atomic E-state index is 12.8. The summed E-state index contributed by atoms with van der Waals surface area (Å²) in [5, 5.41) is 0. The van der Waals surface area contributed by atoms with Crippen LogP contribution in [0.2, 0.25) is 0 Å². The van der Waals surface area contributed by atoms with Gasteiger partial charge < -0.3 is 0 Å². The minimum Gasteiger partial charge on any atom is -0.300 e. The summed E-state index contributed by atoms with van der Waals surface area (Å²) in [5.41, 5.74) is 4.38. The van der Waals surface area contributed by atoms with Crippen molar-refractivity contribution in [1.82, 2.24) is 0 Å². The van der Waals surface area contributed by atoms with E-state index in [1.165, 1.54) is 12.5 Å². The normalized spacial score (nSPS) is 18.7. The molecule has 0 aliphatic heterocycles. The van der Waals surface area contributed by atoms with E-state index in [2.05, 4.69) is 26.0 Å². The predicted molar refractivity (Wildman–Crippen MR) is 109 cm³/mol. The Balaban J connectivity index is 2.19. The molecule has 0 N–H and O–H groups in total. The first-order valence-electron chi connectivity index (χ1n) is 10.4. The van der Waals surface area contributed by atoms with Gasteiger partial charge in [-0.25, -0.2) is 0 Å². The summed E-state index contributed by atoms with van der Waals surface area (Å²) in [5.74, 6) is 0.769. The second kappa shape index (κ2) is 9.43. The lowest BCUT2D eigenvalue weighted by Gasteiger charge is -2.32. The fourth-order valence-electron chi connectivity index (χ4n) is 4.83. The number of fused-ring (bicyclic) bond motifs is 1. The van der Waals surface area contributed by atoms with Crippen LogP contribution in [0.15, 0.2) is 12.1 Å². The molecular formula is C24H34O3.